The fourth-order valence-electron chi connectivity index (χ4n) is 0.575. The van der Waals surface area contributed by atoms with Gasteiger partial charge < -0.3 is 20.5 Å². The standard InChI is InChI=1S/C4H9NO.C2H4N2O2/c1-3-6-4-2-5-1;5-3-1-2-4-6/h5H,1-4H2;1-2,5-6H. The lowest BCUT2D eigenvalue weighted by molar-refractivity contribution is 0.109. The third-order valence-corrected chi connectivity index (χ3v) is 1.05. The van der Waals surface area contributed by atoms with E-state index in [1.165, 1.54) is 0 Å². The molecular formula is C6H13N3O3. The smallest absolute Gasteiger partial charge is 0.0877 e. The highest BCUT2D eigenvalue weighted by Crippen LogP contribution is 1.76. The molecule has 1 rings (SSSR count). The van der Waals surface area contributed by atoms with Crippen LogP contribution in [0.1, 0.15) is 0 Å². The average molecular weight is 175 g/mol. The maximum Gasteiger partial charge on any atom is 0.0877 e. The predicted octanol–water partition coefficient (Wildman–Crippen LogP) is -0.487. The van der Waals surface area contributed by atoms with E-state index in [1.54, 1.807) is 0 Å². The highest BCUT2D eigenvalue weighted by atomic mass is 16.5. The first-order chi connectivity index (χ1) is 5.91. The summed E-state index contributed by atoms with van der Waals surface area (Å²) in [4.78, 5) is 0. The van der Waals surface area contributed by atoms with Gasteiger partial charge in [-0.3, -0.25) is 0 Å². The number of rotatable bonds is 1. The zero-order valence-electron chi connectivity index (χ0n) is 6.68. The minimum absolute atomic E-state index is 0.889. The lowest BCUT2D eigenvalue weighted by atomic mass is 10.5. The van der Waals surface area contributed by atoms with E-state index < -0.39 is 0 Å². The van der Waals surface area contributed by atoms with Crippen molar-refractivity contribution >= 4 is 12.4 Å². The Labute approximate surface area is 70.5 Å². The molecule has 1 heterocycles. The lowest BCUT2D eigenvalue weighted by Crippen LogP contribution is -2.30. The summed E-state index contributed by atoms with van der Waals surface area (Å²) in [6, 6.07) is 0. The van der Waals surface area contributed by atoms with Gasteiger partial charge in [-0.05, 0) is 0 Å². The van der Waals surface area contributed by atoms with Gasteiger partial charge in [-0.1, -0.05) is 10.3 Å². The second-order valence-electron chi connectivity index (χ2n) is 1.89. The summed E-state index contributed by atoms with van der Waals surface area (Å²) >= 11 is 0. The Hall–Kier alpha value is -1.14. The Balaban J connectivity index is 0.000000202. The molecule has 70 valence electrons. The normalized spacial score (nSPS) is 17.7. The average Bonchev–Trinajstić information content (AvgIpc) is 2.18. The Morgan fingerprint density at radius 3 is 1.75 bits per heavy atom. The second-order valence-corrected chi connectivity index (χ2v) is 1.89. The van der Waals surface area contributed by atoms with Crippen LogP contribution in [0.15, 0.2) is 10.3 Å². The maximum atomic E-state index is 7.56. The first-order valence-corrected chi connectivity index (χ1v) is 3.53. The van der Waals surface area contributed by atoms with Crippen LogP contribution >= 0.6 is 0 Å². The van der Waals surface area contributed by atoms with Crippen LogP contribution in [0, 0.1) is 0 Å². The zero-order valence-corrected chi connectivity index (χ0v) is 6.68. The van der Waals surface area contributed by atoms with Crippen LogP contribution in [0.5, 0.6) is 0 Å². The predicted molar refractivity (Wildman–Crippen MR) is 44.2 cm³/mol. The first kappa shape index (κ1) is 10.9. The molecule has 0 amide bonds. The van der Waals surface area contributed by atoms with Gasteiger partial charge in [0.05, 0.1) is 25.6 Å². The fourth-order valence-corrected chi connectivity index (χ4v) is 0.575. The largest absolute Gasteiger partial charge is 0.411 e. The SMILES string of the molecule is C1COCCN1.ON=CC=NO. The molecule has 1 fully saturated rings. The van der Waals surface area contributed by atoms with Gasteiger partial charge in [0, 0.05) is 13.1 Å². The summed E-state index contributed by atoms with van der Waals surface area (Å²) in [5.41, 5.74) is 0. The highest BCUT2D eigenvalue weighted by Gasteiger charge is 1.92. The van der Waals surface area contributed by atoms with Crippen molar-refractivity contribution in [2.45, 2.75) is 0 Å². The molecule has 12 heavy (non-hydrogen) atoms. The first-order valence-electron chi connectivity index (χ1n) is 3.53. The van der Waals surface area contributed by atoms with E-state index in [0.29, 0.717) is 0 Å². The van der Waals surface area contributed by atoms with Gasteiger partial charge in [0.1, 0.15) is 0 Å². The molecule has 1 aliphatic rings. The number of hydrogen-bond acceptors (Lipinski definition) is 6. The molecule has 1 saturated heterocycles. The van der Waals surface area contributed by atoms with Crippen molar-refractivity contribution in [1.82, 2.24) is 5.32 Å². The number of morpholine rings is 1. The summed E-state index contributed by atoms with van der Waals surface area (Å²) in [6.07, 6.45) is 1.89. The molecule has 0 aromatic rings. The van der Waals surface area contributed by atoms with Crippen LogP contribution in [0.3, 0.4) is 0 Å². The molecule has 6 nitrogen and oxygen atoms in total. The molecule has 0 saturated carbocycles. The molecule has 0 aromatic heterocycles. The molecule has 0 aromatic carbocycles. The summed E-state index contributed by atoms with van der Waals surface area (Å²) in [5.74, 6) is 0. The number of nitrogens with one attached hydrogen (secondary N) is 1. The molecule has 0 unspecified atom stereocenters. The quantitative estimate of drug-likeness (QED) is 0.285. The number of hydrogen-bond donors (Lipinski definition) is 3. The number of nitrogens with zero attached hydrogens (tertiary/aromatic N) is 2. The minimum atomic E-state index is 0.889. The Kier molecular flexibility index (Phi) is 8.92. The lowest BCUT2D eigenvalue weighted by Gasteiger charge is -2.10. The molecule has 1 aliphatic heterocycles. The van der Waals surface area contributed by atoms with Crippen molar-refractivity contribution in [3.05, 3.63) is 0 Å². The molecule has 0 radical (unpaired) electrons. The van der Waals surface area contributed by atoms with Crippen molar-refractivity contribution in [2.24, 2.45) is 10.3 Å². The summed E-state index contributed by atoms with van der Waals surface area (Å²) < 4.78 is 5.01. The van der Waals surface area contributed by atoms with Crippen LogP contribution < -0.4 is 5.32 Å². The second kappa shape index (κ2) is 9.86. The Morgan fingerprint density at radius 2 is 1.58 bits per heavy atom. The van der Waals surface area contributed by atoms with Crippen LogP contribution in [-0.4, -0.2) is 49.1 Å². The third-order valence-electron chi connectivity index (χ3n) is 1.05. The van der Waals surface area contributed by atoms with Gasteiger partial charge in [-0.2, -0.15) is 0 Å². The van der Waals surface area contributed by atoms with Gasteiger partial charge in [0.2, 0.25) is 0 Å². The van der Waals surface area contributed by atoms with Crippen molar-refractivity contribution in [3.8, 4) is 0 Å². The van der Waals surface area contributed by atoms with E-state index in [1.807, 2.05) is 0 Å². The Morgan fingerprint density at radius 1 is 1.08 bits per heavy atom. The van der Waals surface area contributed by atoms with Crippen molar-refractivity contribution in [3.63, 3.8) is 0 Å². The van der Waals surface area contributed by atoms with E-state index in [4.69, 9.17) is 15.2 Å². The van der Waals surface area contributed by atoms with E-state index >= 15 is 0 Å². The van der Waals surface area contributed by atoms with E-state index in [-0.39, 0.29) is 0 Å². The van der Waals surface area contributed by atoms with Gasteiger partial charge in [-0.25, -0.2) is 0 Å². The topological polar surface area (TPSA) is 86.4 Å². The number of ether oxygens (including phenoxy) is 1. The number of oxime groups is 2. The maximum absolute atomic E-state index is 7.56. The van der Waals surface area contributed by atoms with Crippen molar-refractivity contribution in [1.29, 1.82) is 0 Å². The van der Waals surface area contributed by atoms with Crippen molar-refractivity contribution in [2.75, 3.05) is 26.3 Å². The molecule has 0 bridgehead atoms. The summed E-state index contributed by atoms with van der Waals surface area (Å²) in [7, 11) is 0. The van der Waals surface area contributed by atoms with Gasteiger partial charge in [-0.15, -0.1) is 0 Å². The third kappa shape index (κ3) is 8.86. The van der Waals surface area contributed by atoms with E-state index in [2.05, 4.69) is 15.6 Å². The fraction of sp³-hybridized carbons (Fsp3) is 0.667. The molecule has 0 spiro atoms. The molecule has 0 atom stereocenters. The van der Waals surface area contributed by atoms with Crippen LogP contribution in [-0.2, 0) is 4.74 Å². The van der Waals surface area contributed by atoms with Crippen LogP contribution in [0.25, 0.3) is 0 Å². The molecule has 6 heteroatoms. The monoisotopic (exact) mass is 175 g/mol. The van der Waals surface area contributed by atoms with Gasteiger partial charge in [0.25, 0.3) is 0 Å². The van der Waals surface area contributed by atoms with Crippen molar-refractivity contribution < 1.29 is 15.2 Å². The summed E-state index contributed by atoms with van der Waals surface area (Å²) in [6.45, 7) is 3.83. The van der Waals surface area contributed by atoms with Gasteiger partial charge >= 0.3 is 0 Å². The molecular weight excluding hydrogens is 162 g/mol. The van der Waals surface area contributed by atoms with E-state index in [9.17, 15) is 0 Å². The minimum Gasteiger partial charge on any atom is -0.411 e. The van der Waals surface area contributed by atoms with E-state index in [0.717, 1.165) is 38.7 Å². The Bertz CT molecular complexity index is 112. The van der Waals surface area contributed by atoms with Crippen LogP contribution in [0.4, 0.5) is 0 Å². The highest BCUT2D eigenvalue weighted by molar-refractivity contribution is 6.15. The van der Waals surface area contributed by atoms with Gasteiger partial charge in [0.15, 0.2) is 0 Å². The molecule has 0 aliphatic carbocycles. The van der Waals surface area contributed by atoms with Crippen LogP contribution in [0.2, 0.25) is 0 Å². The summed E-state index contributed by atoms with van der Waals surface area (Å²) in [5, 5.41) is 23.3. The zero-order chi connectivity index (χ0) is 9.07. The molecule has 3 N–H and O–H groups in total.